The van der Waals surface area contributed by atoms with Crippen molar-refractivity contribution in [2.24, 2.45) is 0 Å². The Morgan fingerprint density at radius 3 is 2.93 bits per heavy atom. The molecule has 0 spiro atoms. The summed E-state index contributed by atoms with van der Waals surface area (Å²) in [6, 6.07) is 9.22. The number of para-hydroxylation sites is 1. The molecule has 1 aromatic rings. The number of nitrogens with zero attached hydrogens (tertiary/aromatic N) is 1. The van der Waals surface area contributed by atoms with E-state index in [0.717, 1.165) is 6.04 Å². The summed E-state index contributed by atoms with van der Waals surface area (Å²) in [6.07, 6.45) is 3.87. The van der Waals surface area contributed by atoms with E-state index in [1.54, 1.807) is 0 Å². The first kappa shape index (κ1) is 10.8. The maximum Gasteiger partial charge on any atom is 0.0494 e. The first-order valence-corrected chi connectivity index (χ1v) is 6.30. The summed E-state index contributed by atoms with van der Waals surface area (Å²) in [5.74, 6) is 0.614. The van der Waals surface area contributed by atoms with Gasteiger partial charge in [0.2, 0.25) is 0 Å². The van der Waals surface area contributed by atoms with Crippen molar-refractivity contribution in [3.05, 3.63) is 29.8 Å². The molecule has 1 unspecified atom stereocenters. The minimum absolute atomic E-state index is 0.614. The summed E-state index contributed by atoms with van der Waals surface area (Å²) in [5, 5.41) is 0. The maximum absolute atomic E-state index is 5.97. The molecule has 1 saturated heterocycles. The zero-order chi connectivity index (χ0) is 10.7. The van der Waals surface area contributed by atoms with E-state index in [9.17, 15) is 0 Å². The average Bonchev–Trinajstić information content (AvgIpc) is 2.76. The molecule has 0 amide bonds. The Kier molecular flexibility index (Phi) is 3.53. The van der Waals surface area contributed by atoms with E-state index in [1.807, 2.05) is 0 Å². The fourth-order valence-corrected chi connectivity index (χ4v) is 2.71. The van der Waals surface area contributed by atoms with E-state index in [4.69, 9.17) is 11.6 Å². The minimum Gasteiger partial charge on any atom is -0.368 e. The zero-order valence-electron chi connectivity index (χ0n) is 9.25. The van der Waals surface area contributed by atoms with Crippen molar-refractivity contribution in [3.63, 3.8) is 0 Å². The van der Waals surface area contributed by atoms with Crippen LogP contribution in [0, 0.1) is 0 Å². The van der Waals surface area contributed by atoms with Crippen molar-refractivity contribution in [2.75, 3.05) is 11.4 Å². The van der Waals surface area contributed by atoms with Crippen molar-refractivity contribution in [2.45, 2.75) is 38.1 Å². The van der Waals surface area contributed by atoms with Gasteiger partial charge in [0.25, 0.3) is 0 Å². The Hall–Kier alpha value is -0.690. The molecule has 0 N–H and O–H groups in total. The third kappa shape index (κ3) is 2.12. The summed E-state index contributed by atoms with van der Waals surface area (Å²) in [7, 11) is 0. The van der Waals surface area contributed by atoms with Crippen LogP contribution in [0.25, 0.3) is 0 Å². The van der Waals surface area contributed by atoms with Crippen LogP contribution in [0.15, 0.2) is 24.3 Å². The molecule has 0 aliphatic carbocycles. The minimum atomic E-state index is 0.614. The molecule has 1 nitrogen and oxygen atoms in total. The van der Waals surface area contributed by atoms with Crippen LogP contribution in [0.2, 0.25) is 0 Å². The van der Waals surface area contributed by atoms with Crippen molar-refractivity contribution in [1.82, 2.24) is 0 Å². The van der Waals surface area contributed by atoms with Crippen molar-refractivity contribution < 1.29 is 0 Å². The van der Waals surface area contributed by atoms with Crippen LogP contribution in [-0.2, 0) is 5.88 Å². The van der Waals surface area contributed by atoms with Gasteiger partial charge in [-0.25, -0.2) is 0 Å². The Bertz CT molecular complexity index is 324. The topological polar surface area (TPSA) is 3.24 Å². The van der Waals surface area contributed by atoms with Gasteiger partial charge in [-0.3, -0.25) is 0 Å². The molecular formula is C13H18ClN. The SMILES string of the molecule is CCC1CCCN1c1ccccc1CCl. The predicted octanol–water partition coefficient (Wildman–Crippen LogP) is 3.80. The molecule has 2 rings (SSSR count). The molecule has 0 radical (unpaired) electrons. The fourth-order valence-electron chi connectivity index (χ4n) is 2.48. The highest BCUT2D eigenvalue weighted by atomic mass is 35.5. The first-order chi connectivity index (χ1) is 7.36. The summed E-state index contributed by atoms with van der Waals surface area (Å²) < 4.78 is 0. The van der Waals surface area contributed by atoms with E-state index in [1.165, 1.54) is 37.1 Å². The van der Waals surface area contributed by atoms with Gasteiger partial charge in [-0.1, -0.05) is 25.1 Å². The molecule has 1 aromatic carbocycles. The van der Waals surface area contributed by atoms with Crippen LogP contribution in [0.4, 0.5) is 5.69 Å². The van der Waals surface area contributed by atoms with Crippen LogP contribution in [0.1, 0.15) is 31.7 Å². The summed E-state index contributed by atoms with van der Waals surface area (Å²) in [4.78, 5) is 2.53. The predicted molar refractivity (Wildman–Crippen MR) is 66.7 cm³/mol. The van der Waals surface area contributed by atoms with Gasteiger partial charge in [0.1, 0.15) is 0 Å². The maximum atomic E-state index is 5.97. The monoisotopic (exact) mass is 223 g/mol. The lowest BCUT2D eigenvalue weighted by Crippen LogP contribution is -2.29. The quantitative estimate of drug-likeness (QED) is 0.705. The Balaban J connectivity index is 2.27. The van der Waals surface area contributed by atoms with E-state index in [-0.39, 0.29) is 0 Å². The molecule has 2 heteroatoms. The molecule has 1 heterocycles. The number of alkyl halides is 1. The second-order valence-electron chi connectivity index (χ2n) is 4.16. The second-order valence-corrected chi connectivity index (χ2v) is 4.43. The van der Waals surface area contributed by atoms with Crippen LogP contribution in [0.5, 0.6) is 0 Å². The molecule has 0 aromatic heterocycles. The van der Waals surface area contributed by atoms with E-state index in [0.29, 0.717) is 5.88 Å². The third-order valence-corrected chi connectivity index (χ3v) is 3.58. The van der Waals surface area contributed by atoms with Gasteiger partial charge in [0.05, 0.1) is 0 Å². The largest absolute Gasteiger partial charge is 0.368 e. The number of hydrogen-bond acceptors (Lipinski definition) is 1. The molecule has 1 aliphatic heterocycles. The fraction of sp³-hybridized carbons (Fsp3) is 0.538. The van der Waals surface area contributed by atoms with Gasteiger partial charge in [-0.2, -0.15) is 0 Å². The zero-order valence-corrected chi connectivity index (χ0v) is 10.0. The van der Waals surface area contributed by atoms with Crippen molar-refractivity contribution in [1.29, 1.82) is 0 Å². The molecular weight excluding hydrogens is 206 g/mol. The number of rotatable bonds is 3. The van der Waals surface area contributed by atoms with E-state index < -0.39 is 0 Å². The van der Waals surface area contributed by atoms with Crippen molar-refractivity contribution >= 4 is 17.3 Å². The van der Waals surface area contributed by atoms with E-state index in [2.05, 4.69) is 36.1 Å². The summed E-state index contributed by atoms with van der Waals surface area (Å²) in [6.45, 7) is 3.46. The third-order valence-electron chi connectivity index (χ3n) is 3.29. The average molecular weight is 224 g/mol. The van der Waals surface area contributed by atoms with Gasteiger partial charge in [0.15, 0.2) is 0 Å². The molecule has 1 aliphatic rings. The van der Waals surface area contributed by atoms with Crippen molar-refractivity contribution in [3.8, 4) is 0 Å². The number of halogens is 1. The Morgan fingerprint density at radius 2 is 2.20 bits per heavy atom. The highest BCUT2D eigenvalue weighted by Crippen LogP contribution is 2.30. The smallest absolute Gasteiger partial charge is 0.0494 e. The standard InChI is InChI=1S/C13H18ClN/c1-2-12-7-5-9-15(12)13-8-4-3-6-11(13)10-14/h3-4,6,8,12H,2,5,7,9-10H2,1H3. The highest BCUT2D eigenvalue weighted by molar-refractivity contribution is 6.17. The second kappa shape index (κ2) is 4.89. The van der Waals surface area contributed by atoms with Crippen LogP contribution in [-0.4, -0.2) is 12.6 Å². The van der Waals surface area contributed by atoms with Crippen LogP contribution < -0.4 is 4.90 Å². The first-order valence-electron chi connectivity index (χ1n) is 5.77. The lowest BCUT2D eigenvalue weighted by molar-refractivity contribution is 0.644. The van der Waals surface area contributed by atoms with Gasteiger partial charge in [-0.15, -0.1) is 11.6 Å². The van der Waals surface area contributed by atoms with Gasteiger partial charge in [-0.05, 0) is 30.9 Å². The number of anilines is 1. The van der Waals surface area contributed by atoms with Crippen LogP contribution >= 0.6 is 11.6 Å². The van der Waals surface area contributed by atoms with Gasteiger partial charge >= 0.3 is 0 Å². The lowest BCUT2D eigenvalue weighted by atomic mass is 10.1. The van der Waals surface area contributed by atoms with Crippen LogP contribution in [0.3, 0.4) is 0 Å². The van der Waals surface area contributed by atoms with Gasteiger partial charge in [0, 0.05) is 24.2 Å². The lowest BCUT2D eigenvalue weighted by Gasteiger charge is -2.27. The molecule has 1 atom stereocenters. The highest BCUT2D eigenvalue weighted by Gasteiger charge is 2.24. The molecule has 15 heavy (non-hydrogen) atoms. The molecule has 1 fully saturated rings. The van der Waals surface area contributed by atoms with Gasteiger partial charge < -0.3 is 4.90 Å². The molecule has 0 saturated carbocycles. The molecule has 0 bridgehead atoms. The Labute approximate surface area is 97.0 Å². The normalized spacial score (nSPS) is 20.9. The summed E-state index contributed by atoms with van der Waals surface area (Å²) >= 11 is 5.97. The Morgan fingerprint density at radius 1 is 1.40 bits per heavy atom. The number of benzene rings is 1. The number of hydrogen-bond donors (Lipinski definition) is 0. The van der Waals surface area contributed by atoms with E-state index >= 15 is 0 Å². The molecule has 82 valence electrons. The summed E-state index contributed by atoms with van der Waals surface area (Å²) in [5.41, 5.74) is 2.61.